The summed E-state index contributed by atoms with van der Waals surface area (Å²) >= 11 is 0. The molecule has 1 atom stereocenters. The van der Waals surface area contributed by atoms with Gasteiger partial charge in [-0.3, -0.25) is 4.90 Å². The third-order valence-electron chi connectivity index (χ3n) is 4.89. The zero-order chi connectivity index (χ0) is 19.4. The van der Waals surface area contributed by atoms with Crippen molar-refractivity contribution in [1.82, 2.24) is 4.90 Å². The quantitative estimate of drug-likeness (QED) is 0.422. The van der Waals surface area contributed by atoms with Gasteiger partial charge in [-0.1, -0.05) is 110 Å². The van der Waals surface area contributed by atoms with Crippen molar-refractivity contribution in [2.24, 2.45) is 0 Å². The van der Waals surface area contributed by atoms with Gasteiger partial charge < -0.3 is 0 Å². The molecular weight excluding hydrogens is 338 g/mol. The Morgan fingerprint density at radius 1 is 0.714 bits per heavy atom. The summed E-state index contributed by atoms with van der Waals surface area (Å²) in [4.78, 5) is 2.52. The fourth-order valence-corrected chi connectivity index (χ4v) is 3.34. The normalized spacial score (nSPS) is 11.6. The molecule has 0 aliphatic heterocycles. The number of nitrogens with zero attached hydrogens (tertiary/aromatic N) is 1. The molecule has 0 heterocycles. The van der Waals surface area contributed by atoms with Crippen LogP contribution in [-0.4, -0.2) is 10.9 Å². The summed E-state index contributed by atoms with van der Waals surface area (Å²) < 4.78 is 0. The third kappa shape index (κ3) is 6.41. The SMILES string of the molecule is CCCC[C@@H](C#Cc1ccccc1)N(Cc1ccccc1)Cc1ccccc1. The molecule has 0 aliphatic carbocycles. The fraction of sp³-hybridized carbons (Fsp3) is 0.259. The van der Waals surface area contributed by atoms with E-state index >= 15 is 0 Å². The lowest BCUT2D eigenvalue weighted by Crippen LogP contribution is -2.33. The Kier molecular flexibility index (Phi) is 7.91. The van der Waals surface area contributed by atoms with Crippen molar-refractivity contribution in [2.45, 2.75) is 45.3 Å². The molecule has 3 aromatic rings. The molecule has 0 fully saturated rings. The zero-order valence-corrected chi connectivity index (χ0v) is 16.7. The maximum Gasteiger partial charge on any atom is 0.0724 e. The number of benzene rings is 3. The highest BCUT2D eigenvalue weighted by Crippen LogP contribution is 2.17. The number of hydrogen-bond donors (Lipinski definition) is 0. The largest absolute Gasteiger partial charge is 0.281 e. The van der Waals surface area contributed by atoms with E-state index in [-0.39, 0.29) is 6.04 Å². The monoisotopic (exact) mass is 367 g/mol. The molecule has 142 valence electrons. The Bertz CT molecular complexity index is 818. The molecule has 0 radical (unpaired) electrons. The van der Waals surface area contributed by atoms with E-state index in [1.807, 2.05) is 6.07 Å². The average Bonchev–Trinajstić information content (AvgIpc) is 2.76. The van der Waals surface area contributed by atoms with Crippen LogP contribution in [0.5, 0.6) is 0 Å². The first kappa shape index (κ1) is 19.9. The topological polar surface area (TPSA) is 3.24 Å². The lowest BCUT2D eigenvalue weighted by molar-refractivity contribution is 0.206. The summed E-state index contributed by atoms with van der Waals surface area (Å²) in [5.74, 6) is 7.00. The van der Waals surface area contributed by atoms with Crippen LogP contribution in [-0.2, 0) is 13.1 Å². The summed E-state index contributed by atoms with van der Waals surface area (Å²) in [7, 11) is 0. The van der Waals surface area contributed by atoms with Crippen LogP contribution in [0.2, 0.25) is 0 Å². The van der Waals surface area contributed by atoms with Crippen LogP contribution in [0.15, 0.2) is 91.0 Å². The first-order valence-electron chi connectivity index (χ1n) is 10.2. The van der Waals surface area contributed by atoms with E-state index in [4.69, 9.17) is 0 Å². The van der Waals surface area contributed by atoms with E-state index in [9.17, 15) is 0 Å². The van der Waals surface area contributed by atoms with Crippen LogP contribution < -0.4 is 0 Å². The molecule has 1 heteroatoms. The molecule has 3 rings (SSSR count). The van der Waals surface area contributed by atoms with Crippen LogP contribution in [0.4, 0.5) is 0 Å². The predicted molar refractivity (Wildman–Crippen MR) is 119 cm³/mol. The molecule has 0 aromatic heterocycles. The summed E-state index contributed by atoms with van der Waals surface area (Å²) in [6, 6.07) is 32.0. The molecule has 0 bridgehead atoms. The van der Waals surface area contributed by atoms with Crippen molar-refractivity contribution in [3.63, 3.8) is 0 Å². The molecule has 3 aromatic carbocycles. The van der Waals surface area contributed by atoms with Crippen molar-refractivity contribution in [2.75, 3.05) is 0 Å². The number of hydrogen-bond acceptors (Lipinski definition) is 1. The minimum atomic E-state index is 0.237. The van der Waals surface area contributed by atoms with Gasteiger partial charge in [-0.05, 0) is 29.7 Å². The van der Waals surface area contributed by atoms with Crippen molar-refractivity contribution in [1.29, 1.82) is 0 Å². The lowest BCUT2D eigenvalue weighted by atomic mass is 10.0. The minimum Gasteiger partial charge on any atom is -0.281 e. The van der Waals surface area contributed by atoms with Crippen molar-refractivity contribution >= 4 is 0 Å². The van der Waals surface area contributed by atoms with Crippen molar-refractivity contribution in [3.8, 4) is 11.8 Å². The first-order valence-corrected chi connectivity index (χ1v) is 10.2. The van der Waals surface area contributed by atoms with Gasteiger partial charge in [-0.15, -0.1) is 0 Å². The molecule has 0 saturated heterocycles. The van der Waals surface area contributed by atoms with Gasteiger partial charge in [0.25, 0.3) is 0 Å². The Morgan fingerprint density at radius 2 is 1.21 bits per heavy atom. The zero-order valence-electron chi connectivity index (χ0n) is 16.7. The fourth-order valence-electron chi connectivity index (χ4n) is 3.34. The second-order valence-electron chi connectivity index (χ2n) is 7.17. The van der Waals surface area contributed by atoms with Gasteiger partial charge in [-0.2, -0.15) is 0 Å². The van der Waals surface area contributed by atoms with Gasteiger partial charge in [-0.25, -0.2) is 0 Å². The number of rotatable bonds is 8. The van der Waals surface area contributed by atoms with Gasteiger partial charge in [0, 0.05) is 18.7 Å². The Morgan fingerprint density at radius 3 is 1.71 bits per heavy atom. The maximum atomic E-state index is 3.59. The highest BCUT2D eigenvalue weighted by molar-refractivity contribution is 5.35. The average molecular weight is 368 g/mol. The predicted octanol–water partition coefficient (Wildman–Crippen LogP) is 6.30. The van der Waals surface area contributed by atoms with Crippen molar-refractivity contribution in [3.05, 3.63) is 108 Å². The molecule has 0 aliphatic rings. The van der Waals surface area contributed by atoms with E-state index in [2.05, 4.69) is 109 Å². The third-order valence-corrected chi connectivity index (χ3v) is 4.89. The molecule has 0 spiro atoms. The molecule has 28 heavy (non-hydrogen) atoms. The van der Waals surface area contributed by atoms with Crippen molar-refractivity contribution < 1.29 is 0 Å². The highest BCUT2D eigenvalue weighted by Gasteiger charge is 2.17. The molecule has 0 saturated carbocycles. The van der Waals surface area contributed by atoms with Gasteiger partial charge in [0.05, 0.1) is 6.04 Å². The van der Waals surface area contributed by atoms with E-state index in [0.29, 0.717) is 0 Å². The van der Waals surface area contributed by atoms with E-state index in [1.165, 1.54) is 24.0 Å². The Labute approximate surface area is 170 Å². The summed E-state index contributed by atoms with van der Waals surface area (Å²) in [6.07, 6.45) is 3.47. The van der Waals surface area contributed by atoms with Crippen LogP contribution in [0.1, 0.15) is 42.9 Å². The van der Waals surface area contributed by atoms with Gasteiger partial charge in [0.1, 0.15) is 0 Å². The summed E-state index contributed by atoms with van der Waals surface area (Å²) in [5.41, 5.74) is 3.76. The van der Waals surface area contributed by atoms with E-state index < -0.39 is 0 Å². The van der Waals surface area contributed by atoms with E-state index in [1.54, 1.807) is 0 Å². The van der Waals surface area contributed by atoms with Gasteiger partial charge in [0.2, 0.25) is 0 Å². The molecular formula is C27H29N. The minimum absolute atomic E-state index is 0.237. The van der Waals surface area contributed by atoms with E-state index in [0.717, 1.165) is 25.1 Å². The van der Waals surface area contributed by atoms with Crippen LogP contribution in [0, 0.1) is 11.8 Å². The molecule has 0 amide bonds. The van der Waals surface area contributed by atoms with Gasteiger partial charge in [0.15, 0.2) is 0 Å². The van der Waals surface area contributed by atoms with Gasteiger partial charge >= 0.3 is 0 Å². The Hall–Kier alpha value is -2.82. The first-order chi connectivity index (χ1) is 13.8. The maximum absolute atomic E-state index is 3.59. The second kappa shape index (κ2) is 11.1. The number of unbranched alkanes of at least 4 members (excludes halogenated alkanes) is 1. The smallest absolute Gasteiger partial charge is 0.0724 e. The van der Waals surface area contributed by atoms with Crippen LogP contribution in [0.3, 0.4) is 0 Å². The van der Waals surface area contributed by atoms with Crippen LogP contribution in [0.25, 0.3) is 0 Å². The highest BCUT2D eigenvalue weighted by atomic mass is 15.1. The molecule has 0 N–H and O–H groups in total. The molecule has 0 unspecified atom stereocenters. The molecule has 1 nitrogen and oxygen atoms in total. The summed E-state index contributed by atoms with van der Waals surface area (Å²) in [5, 5.41) is 0. The summed E-state index contributed by atoms with van der Waals surface area (Å²) in [6.45, 7) is 4.07. The standard InChI is InChI=1S/C27H29N/c1-2-3-19-27(21-20-24-13-7-4-8-14-24)28(22-25-15-9-5-10-16-25)23-26-17-11-6-12-18-26/h4-18,27H,2-3,19,22-23H2,1H3/t27-/m0/s1. The van der Waals surface area contributed by atoms with Crippen LogP contribution >= 0.6 is 0 Å². The second-order valence-corrected chi connectivity index (χ2v) is 7.17. The lowest BCUT2D eigenvalue weighted by Gasteiger charge is -2.29. The Balaban J connectivity index is 1.86.